The van der Waals surface area contributed by atoms with Crippen LogP contribution in [-0.4, -0.2) is 53.5 Å². The van der Waals surface area contributed by atoms with E-state index in [-0.39, 0.29) is 31.5 Å². The van der Waals surface area contributed by atoms with Gasteiger partial charge in [0.2, 0.25) is 5.91 Å². The third kappa shape index (κ3) is 5.64. The van der Waals surface area contributed by atoms with Crippen molar-refractivity contribution in [1.82, 2.24) is 10.6 Å². The smallest absolute Gasteiger partial charge is 0.407 e. The molecule has 32 heavy (non-hydrogen) atoms. The first-order chi connectivity index (χ1) is 15.4. The molecule has 0 spiro atoms. The van der Waals surface area contributed by atoms with Crippen LogP contribution in [0.2, 0.25) is 0 Å². The summed E-state index contributed by atoms with van der Waals surface area (Å²) in [5.74, 6) is -1.81. The lowest BCUT2D eigenvalue weighted by Gasteiger charge is -2.19. The number of carboxylic acid groups (broad SMARTS) is 1. The van der Waals surface area contributed by atoms with Crippen molar-refractivity contribution in [3.8, 4) is 11.1 Å². The fourth-order valence-electron chi connectivity index (χ4n) is 3.88. The van der Waals surface area contributed by atoms with Crippen LogP contribution in [0.3, 0.4) is 0 Å². The third-order valence-electron chi connectivity index (χ3n) is 5.66. The van der Waals surface area contributed by atoms with Gasteiger partial charge >= 0.3 is 12.1 Å². The molecule has 3 rings (SSSR count). The molecule has 8 heteroatoms. The van der Waals surface area contributed by atoms with E-state index >= 15 is 0 Å². The minimum absolute atomic E-state index is 0.0281. The molecule has 1 aliphatic rings. The molecular weight excluding hydrogens is 412 g/mol. The van der Waals surface area contributed by atoms with Gasteiger partial charge in [0.05, 0.1) is 6.54 Å². The number of nitrogens with one attached hydrogen (secondary N) is 2. The van der Waals surface area contributed by atoms with E-state index < -0.39 is 24.1 Å². The summed E-state index contributed by atoms with van der Waals surface area (Å²) in [4.78, 5) is 34.8. The first-order valence-corrected chi connectivity index (χ1v) is 10.7. The lowest BCUT2D eigenvalue weighted by Crippen LogP contribution is -2.39. The van der Waals surface area contributed by atoms with Gasteiger partial charge in [-0.2, -0.15) is 0 Å². The van der Waals surface area contributed by atoms with Crippen LogP contribution < -0.4 is 10.6 Å². The number of benzene rings is 2. The number of alkyl carbamates (subject to hydrolysis) is 1. The van der Waals surface area contributed by atoms with Crippen LogP contribution in [0.15, 0.2) is 48.5 Å². The zero-order valence-corrected chi connectivity index (χ0v) is 17.9. The maximum atomic E-state index is 12.4. The average Bonchev–Trinajstić information content (AvgIpc) is 3.12. The fraction of sp³-hybridized carbons (Fsp3) is 0.375. The van der Waals surface area contributed by atoms with Crippen molar-refractivity contribution in [2.75, 3.05) is 13.2 Å². The van der Waals surface area contributed by atoms with Crippen LogP contribution in [-0.2, 0) is 14.3 Å². The first-order valence-electron chi connectivity index (χ1n) is 10.7. The van der Waals surface area contributed by atoms with Crippen LogP contribution >= 0.6 is 0 Å². The number of aliphatic carboxylic acids is 1. The second-order valence-corrected chi connectivity index (χ2v) is 7.77. The van der Waals surface area contributed by atoms with Crippen molar-refractivity contribution >= 4 is 18.0 Å². The molecule has 8 nitrogen and oxygen atoms in total. The predicted molar refractivity (Wildman–Crippen MR) is 118 cm³/mol. The summed E-state index contributed by atoms with van der Waals surface area (Å²) in [5.41, 5.74) is 4.58. The summed E-state index contributed by atoms with van der Waals surface area (Å²) < 4.78 is 5.54. The van der Waals surface area contributed by atoms with Crippen LogP contribution in [0.4, 0.5) is 4.79 Å². The molecule has 170 valence electrons. The Morgan fingerprint density at radius 2 is 1.62 bits per heavy atom. The molecule has 0 aliphatic heterocycles. The number of carbonyl (C=O) groups excluding carboxylic acids is 2. The Hall–Kier alpha value is -3.39. The van der Waals surface area contributed by atoms with Crippen molar-refractivity contribution < 1.29 is 29.3 Å². The fourth-order valence-corrected chi connectivity index (χ4v) is 3.88. The van der Waals surface area contributed by atoms with Gasteiger partial charge in [0, 0.05) is 18.4 Å². The number of hydrogen-bond acceptors (Lipinski definition) is 5. The summed E-state index contributed by atoms with van der Waals surface area (Å²) in [6.45, 7) is 1.75. The summed E-state index contributed by atoms with van der Waals surface area (Å²) in [7, 11) is 0. The minimum atomic E-state index is -1.64. The first kappa shape index (κ1) is 23.3. The van der Waals surface area contributed by atoms with Crippen molar-refractivity contribution in [2.24, 2.45) is 0 Å². The molecule has 4 N–H and O–H groups in total. The molecular formula is C24H28N2O6. The summed E-state index contributed by atoms with van der Waals surface area (Å²) >= 11 is 0. The Bertz CT molecular complexity index is 931. The van der Waals surface area contributed by atoms with Crippen molar-refractivity contribution in [1.29, 1.82) is 0 Å². The SMILES string of the molecule is CCC(CCC(=O)NC[C@H](O)C(=O)O)NC(=O)OCC1c2ccccc2-c2ccccc21. The number of aliphatic hydroxyl groups is 1. The lowest BCUT2D eigenvalue weighted by molar-refractivity contribution is -0.146. The Balaban J connectivity index is 1.49. The molecule has 2 amide bonds. The Labute approximate surface area is 186 Å². The molecule has 0 radical (unpaired) electrons. The van der Waals surface area contributed by atoms with E-state index in [4.69, 9.17) is 9.84 Å². The van der Waals surface area contributed by atoms with E-state index in [9.17, 15) is 19.5 Å². The molecule has 0 bridgehead atoms. The van der Waals surface area contributed by atoms with Gasteiger partial charge in [-0.05, 0) is 35.1 Å². The zero-order valence-electron chi connectivity index (χ0n) is 17.9. The number of amides is 2. The third-order valence-corrected chi connectivity index (χ3v) is 5.66. The monoisotopic (exact) mass is 440 g/mol. The molecule has 0 heterocycles. The number of hydrogen-bond donors (Lipinski definition) is 4. The van der Waals surface area contributed by atoms with Gasteiger partial charge in [0.25, 0.3) is 0 Å². The van der Waals surface area contributed by atoms with Crippen LogP contribution in [0.1, 0.15) is 43.2 Å². The zero-order chi connectivity index (χ0) is 23.1. The molecule has 0 saturated heterocycles. The molecule has 2 atom stereocenters. The summed E-state index contributed by atoms with van der Waals surface area (Å²) in [5, 5.41) is 23.0. The van der Waals surface area contributed by atoms with E-state index in [0.29, 0.717) is 12.8 Å². The van der Waals surface area contributed by atoms with Crippen molar-refractivity contribution in [3.63, 3.8) is 0 Å². The Kier molecular flexibility index (Phi) is 7.83. The summed E-state index contributed by atoms with van der Waals surface area (Å²) in [6, 6.07) is 15.9. The topological polar surface area (TPSA) is 125 Å². The van der Waals surface area contributed by atoms with E-state index in [2.05, 4.69) is 34.9 Å². The second-order valence-electron chi connectivity index (χ2n) is 7.77. The summed E-state index contributed by atoms with van der Waals surface area (Å²) in [6.07, 6.45) is -1.11. The van der Waals surface area contributed by atoms with Gasteiger partial charge in [-0.1, -0.05) is 55.5 Å². The number of carboxylic acids is 1. The van der Waals surface area contributed by atoms with Gasteiger partial charge in [-0.15, -0.1) is 0 Å². The standard InChI is InChI=1S/C24H28N2O6/c1-2-15(11-12-22(28)25-13-21(27)23(29)30)26-24(31)32-14-20-18-9-5-3-7-16(18)17-8-4-6-10-19(17)20/h3-10,15,20-21,27H,2,11-14H2,1H3,(H,25,28)(H,26,31)(H,29,30)/t15?,21-/m0/s1. The van der Waals surface area contributed by atoms with Crippen LogP contribution in [0, 0.1) is 0 Å². The van der Waals surface area contributed by atoms with Crippen LogP contribution in [0.5, 0.6) is 0 Å². The second kappa shape index (κ2) is 10.8. The van der Waals surface area contributed by atoms with Gasteiger partial charge in [0.15, 0.2) is 6.10 Å². The number of ether oxygens (including phenoxy) is 1. The number of aliphatic hydroxyl groups excluding tert-OH is 1. The highest BCUT2D eigenvalue weighted by Gasteiger charge is 2.29. The Morgan fingerprint density at radius 1 is 1.03 bits per heavy atom. The number of rotatable bonds is 10. The van der Waals surface area contributed by atoms with E-state index in [0.717, 1.165) is 22.3 Å². The molecule has 0 aromatic heterocycles. The molecule has 2 aromatic rings. The van der Waals surface area contributed by atoms with E-state index in [1.54, 1.807) is 0 Å². The highest BCUT2D eigenvalue weighted by molar-refractivity contribution is 5.79. The lowest BCUT2D eigenvalue weighted by atomic mass is 9.98. The number of fused-ring (bicyclic) bond motifs is 3. The molecule has 0 saturated carbocycles. The van der Waals surface area contributed by atoms with Gasteiger partial charge in [-0.25, -0.2) is 9.59 Å². The quantitative estimate of drug-likeness (QED) is 0.450. The molecule has 1 unspecified atom stereocenters. The van der Waals surface area contributed by atoms with Gasteiger partial charge < -0.3 is 25.6 Å². The Morgan fingerprint density at radius 3 is 2.19 bits per heavy atom. The van der Waals surface area contributed by atoms with E-state index in [1.807, 2.05) is 31.2 Å². The van der Waals surface area contributed by atoms with Crippen LogP contribution in [0.25, 0.3) is 11.1 Å². The molecule has 1 aliphatic carbocycles. The van der Waals surface area contributed by atoms with Crippen molar-refractivity contribution in [3.05, 3.63) is 59.7 Å². The maximum Gasteiger partial charge on any atom is 0.407 e. The highest BCUT2D eigenvalue weighted by atomic mass is 16.5. The molecule has 0 fully saturated rings. The average molecular weight is 440 g/mol. The highest BCUT2D eigenvalue weighted by Crippen LogP contribution is 2.44. The van der Waals surface area contributed by atoms with E-state index in [1.165, 1.54) is 0 Å². The maximum absolute atomic E-state index is 12.4. The minimum Gasteiger partial charge on any atom is -0.479 e. The van der Waals surface area contributed by atoms with Crippen molar-refractivity contribution in [2.45, 2.75) is 44.2 Å². The number of carbonyl (C=O) groups is 3. The normalized spacial score (nSPS) is 14.1. The molecule has 2 aromatic carbocycles. The van der Waals surface area contributed by atoms with Gasteiger partial charge in [0.1, 0.15) is 6.61 Å². The predicted octanol–water partition coefficient (Wildman–Crippen LogP) is 2.65. The van der Waals surface area contributed by atoms with Gasteiger partial charge in [-0.3, -0.25) is 4.79 Å². The largest absolute Gasteiger partial charge is 0.479 e.